The highest BCUT2D eigenvalue weighted by Crippen LogP contribution is 2.23. The van der Waals surface area contributed by atoms with E-state index >= 15 is 0 Å². The second-order valence-corrected chi connectivity index (χ2v) is 4.91. The molecule has 1 aromatic carbocycles. The van der Waals surface area contributed by atoms with Crippen molar-refractivity contribution in [1.29, 1.82) is 0 Å². The van der Waals surface area contributed by atoms with Crippen molar-refractivity contribution in [3.63, 3.8) is 0 Å². The third kappa shape index (κ3) is 3.26. The summed E-state index contributed by atoms with van der Waals surface area (Å²) >= 11 is 0. The Bertz CT molecular complexity index is 622. The number of hydrogen-bond acceptors (Lipinski definition) is 3. The SMILES string of the molecule is CCc1cc2cccc(C)c2nc1NCCNC(C)=O. The second kappa shape index (κ2) is 6.37. The van der Waals surface area contributed by atoms with Crippen LogP contribution >= 0.6 is 0 Å². The normalized spacial score (nSPS) is 10.6. The van der Waals surface area contributed by atoms with Gasteiger partial charge in [-0.05, 0) is 30.5 Å². The predicted octanol–water partition coefficient (Wildman–Crippen LogP) is 2.65. The molecular formula is C16H21N3O. The fraction of sp³-hybridized carbons (Fsp3) is 0.375. The van der Waals surface area contributed by atoms with Crippen LogP contribution in [0.1, 0.15) is 25.0 Å². The third-order valence-corrected chi connectivity index (χ3v) is 3.30. The predicted molar refractivity (Wildman–Crippen MR) is 83.0 cm³/mol. The summed E-state index contributed by atoms with van der Waals surface area (Å²) in [5.74, 6) is 0.907. The Morgan fingerprint density at radius 3 is 2.80 bits per heavy atom. The largest absolute Gasteiger partial charge is 0.368 e. The lowest BCUT2D eigenvalue weighted by Gasteiger charge is -2.12. The van der Waals surface area contributed by atoms with Gasteiger partial charge in [0.15, 0.2) is 0 Å². The smallest absolute Gasteiger partial charge is 0.216 e. The Hall–Kier alpha value is -2.10. The zero-order valence-corrected chi connectivity index (χ0v) is 12.3. The molecular weight excluding hydrogens is 250 g/mol. The Morgan fingerprint density at radius 2 is 2.10 bits per heavy atom. The van der Waals surface area contributed by atoms with Crippen molar-refractivity contribution < 1.29 is 4.79 Å². The fourth-order valence-electron chi connectivity index (χ4n) is 2.23. The summed E-state index contributed by atoms with van der Waals surface area (Å²) in [6, 6.07) is 8.41. The first-order valence-corrected chi connectivity index (χ1v) is 6.99. The Morgan fingerprint density at radius 1 is 1.30 bits per heavy atom. The highest BCUT2D eigenvalue weighted by Gasteiger charge is 2.06. The van der Waals surface area contributed by atoms with Crippen molar-refractivity contribution in [3.05, 3.63) is 35.4 Å². The number of carbonyl (C=O) groups is 1. The Labute approximate surface area is 119 Å². The summed E-state index contributed by atoms with van der Waals surface area (Å²) in [5.41, 5.74) is 3.41. The third-order valence-electron chi connectivity index (χ3n) is 3.30. The number of amides is 1. The first-order chi connectivity index (χ1) is 9.61. The molecule has 0 saturated heterocycles. The maximum absolute atomic E-state index is 10.8. The number of benzene rings is 1. The molecule has 0 aliphatic heterocycles. The molecule has 2 rings (SSSR count). The first kappa shape index (κ1) is 14.3. The van der Waals surface area contributed by atoms with Crippen LogP contribution in [0.2, 0.25) is 0 Å². The van der Waals surface area contributed by atoms with E-state index in [0.717, 1.165) is 17.8 Å². The molecule has 1 heterocycles. The summed E-state index contributed by atoms with van der Waals surface area (Å²) in [6.07, 6.45) is 0.930. The van der Waals surface area contributed by atoms with E-state index in [1.807, 2.05) is 0 Å². The van der Waals surface area contributed by atoms with Gasteiger partial charge in [0.1, 0.15) is 5.82 Å². The van der Waals surface area contributed by atoms with Crippen molar-refractivity contribution in [2.45, 2.75) is 27.2 Å². The van der Waals surface area contributed by atoms with Crippen LogP contribution < -0.4 is 10.6 Å². The van der Waals surface area contributed by atoms with Gasteiger partial charge in [-0.15, -0.1) is 0 Å². The van der Waals surface area contributed by atoms with Gasteiger partial charge in [-0.2, -0.15) is 0 Å². The summed E-state index contributed by atoms with van der Waals surface area (Å²) in [6.45, 7) is 7.00. The number of carbonyl (C=O) groups excluding carboxylic acids is 1. The van der Waals surface area contributed by atoms with Gasteiger partial charge in [-0.25, -0.2) is 4.98 Å². The van der Waals surface area contributed by atoms with Gasteiger partial charge in [-0.1, -0.05) is 25.1 Å². The van der Waals surface area contributed by atoms with E-state index in [0.29, 0.717) is 13.1 Å². The zero-order valence-electron chi connectivity index (χ0n) is 12.3. The van der Waals surface area contributed by atoms with E-state index in [4.69, 9.17) is 4.98 Å². The molecule has 1 amide bonds. The maximum Gasteiger partial charge on any atom is 0.216 e. The van der Waals surface area contributed by atoms with Crippen molar-refractivity contribution >= 4 is 22.6 Å². The molecule has 0 radical (unpaired) electrons. The van der Waals surface area contributed by atoms with Crippen molar-refractivity contribution in [2.75, 3.05) is 18.4 Å². The van der Waals surface area contributed by atoms with Crippen LogP contribution in [0.3, 0.4) is 0 Å². The number of anilines is 1. The molecule has 1 aromatic heterocycles. The van der Waals surface area contributed by atoms with E-state index in [-0.39, 0.29) is 5.91 Å². The monoisotopic (exact) mass is 271 g/mol. The lowest BCUT2D eigenvalue weighted by atomic mass is 10.1. The molecule has 0 atom stereocenters. The molecule has 20 heavy (non-hydrogen) atoms. The minimum absolute atomic E-state index is 0.00942. The molecule has 0 unspecified atom stereocenters. The molecule has 0 spiro atoms. The topological polar surface area (TPSA) is 54.0 Å². The number of aryl methyl sites for hydroxylation is 2. The first-order valence-electron chi connectivity index (χ1n) is 6.99. The molecule has 0 aliphatic rings. The Balaban J connectivity index is 2.22. The van der Waals surface area contributed by atoms with Gasteiger partial charge in [0, 0.05) is 25.4 Å². The molecule has 106 valence electrons. The van der Waals surface area contributed by atoms with E-state index in [2.05, 4.69) is 48.7 Å². The minimum atomic E-state index is -0.00942. The average Bonchev–Trinajstić information content (AvgIpc) is 2.43. The number of fused-ring (bicyclic) bond motifs is 1. The van der Waals surface area contributed by atoms with Crippen LogP contribution in [0.15, 0.2) is 24.3 Å². The molecule has 0 aliphatic carbocycles. The number of aromatic nitrogens is 1. The van der Waals surface area contributed by atoms with Gasteiger partial charge >= 0.3 is 0 Å². The fourth-order valence-corrected chi connectivity index (χ4v) is 2.23. The van der Waals surface area contributed by atoms with Gasteiger partial charge in [0.25, 0.3) is 0 Å². The molecule has 0 saturated carbocycles. The number of rotatable bonds is 5. The van der Waals surface area contributed by atoms with Gasteiger partial charge in [0.2, 0.25) is 5.91 Å². The minimum Gasteiger partial charge on any atom is -0.368 e. The van der Waals surface area contributed by atoms with Gasteiger partial charge < -0.3 is 10.6 Å². The highest BCUT2D eigenvalue weighted by atomic mass is 16.1. The van der Waals surface area contributed by atoms with Crippen molar-refractivity contribution in [1.82, 2.24) is 10.3 Å². The number of pyridine rings is 1. The van der Waals surface area contributed by atoms with Crippen LogP contribution in [0, 0.1) is 6.92 Å². The summed E-state index contributed by atoms with van der Waals surface area (Å²) < 4.78 is 0. The quantitative estimate of drug-likeness (QED) is 0.822. The van der Waals surface area contributed by atoms with Gasteiger partial charge in [-0.3, -0.25) is 4.79 Å². The van der Waals surface area contributed by atoms with E-state index in [1.54, 1.807) is 0 Å². The van der Waals surface area contributed by atoms with Crippen LogP contribution in [0.25, 0.3) is 10.9 Å². The van der Waals surface area contributed by atoms with E-state index < -0.39 is 0 Å². The summed E-state index contributed by atoms with van der Waals surface area (Å²) in [7, 11) is 0. The molecule has 0 bridgehead atoms. The number of hydrogen-bond donors (Lipinski definition) is 2. The van der Waals surface area contributed by atoms with Crippen LogP contribution in [-0.2, 0) is 11.2 Å². The number of nitrogens with one attached hydrogen (secondary N) is 2. The average molecular weight is 271 g/mol. The van der Waals surface area contributed by atoms with Crippen LogP contribution in [0.4, 0.5) is 5.82 Å². The highest BCUT2D eigenvalue weighted by molar-refractivity contribution is 5.84. The summed E-state index contributed by atoms with van der Waals surface area (Å²) in [4.78, 5) is 15.6. The zero-order chi connectivity index (χ0) is 14.5. The van der Waals surface area contributed by atoms with Crippen LogP contribution in [0.5, 0.6) is 0 Å². The number of para-hydroxylation sites is 1. The molecule has 2 aromatic rings. The van der Waals surface area contributed by atoms with Crippen LogP contribution in [-0.4, -0.2) is 24.0 Å². The molecule has 4 heteroatoms. The summed E-state index contributed by atoms with van der Waals surface area (Å²) in [5, 5.41) is 7.26. The molecule has 0 fully saturated rings. The van der Waals surface area contributed by atoms with Crippen molar-refractivity contribution in [3.8, 4) is 0 Å². The lowest BCUT2D eigenvalue weighted by molar-refractivity contribution is -0.118. The number of nitrogens with zero attached hydrogens (tertiary/aromatic N) is 1. The standard InChI is InChI=1S/C16H21N3O/c1-4-13-10-14-7-5-6-11(2)15(14)19-16(13)18-9-8-17-12(3)20/h5-7,10H,4,8-9H2,1-3H3,(H,17,20)(H,18,19). The van der Waals surface area contributed by atoms with Gasteiger partial charge in [0.05, 0.1) is 5.52 Å². The Kier molecular flexibility index (Phi) is 4.56. The van der Waals surface area contributed by atoms with E-state index in [9.17, 15) is 4.79 Å². The molecule has 2 N–H and O–H groups in total. The van der Waals surface area contributed by atoms with Crippen molar-refractivity contribution in [2.24, 2.45) is 0 Å². The maximum atomic E-state index is 10.8. The van der Waals surface area contributed by atoms with E-state index in [1.165, 1.54) is 23.4 Å². The molecule has 4 nitrogen and oxygen atoms in total. The second-order valence-electron chi connectivity index (χ2n) is 4.91. The lowest BCUT2D eigenvalue weighted by Crippen LogP contribution is -2.26.